The van der Waals surface area contributed by atoms with Gasteiger partial charge in [-0.05, 0) is 48.5 Å². The number of nitrogens with zero attached hydrogens (tertiary/aromatic N) is 1. The van der Waals surface area contributed by atoms with Gasteiger partial charge in [0, 0.05) is 5.02 Å². The van der Waals surface area contributed by atoms with Gasteiger partial charge in [0.2, 0.25) is 0 Å². The molecular formula is C22H22ClNO5S. The zero-order valence-electron chi connectivity index (χ0n) is 16.3. The lowest BCUT2D eigenvalue weighted by Crippen LogP contribution is -2.40. The number of hydrogen-bond donors (Lipinski definition) is 1. The Labute approximate surface area is 181 Å². The van der Waals surface area contributed by atoms with Gasteiger partial charge in [0.25, 0.3) is 10.0 Å². The van der Waals surface area contributed by atoms with Gasteiger partial charge < -0.3 is 14.6 Å². The summed E-state index contributed by atoms with van der Waals surface area (Å²) in [6.45, 7) is -0.317. The zero-order chi connectivity index (χ0) is 21.6. The van der Waals surface area contributed by atoms with E-state index in [4.69, 9.17) is 21.1 Å². The number of para-hydroxylation sites is 2. The second-order valence-corrected chi connectivity index (χ2v) is 8.74. The number of ether oxygens (including phenoxy) is 2. The maximum atomic E-state index is 13.4. The zero-order valence-corrected chi connectivity index (χ0v) is 17.9. The molecule has 0 spiro atoms. The highest BCUT2D eigenvalue weighted by molar-refractivity contribution is 7.92. The smallest absolute Gasteiger partial charge is 0.264 e. The molecule has 0 bridgehead atoms. The van der Waals surface area contributed by atoms with Crippen molar-refractivity contribution in [2.24, 2.45) is 0 Å². The first-order valence-electron chi connectivity index (χ1n) is 9.19. The molecule has 158 valence electrons. The van der Waals surface area contributed by atoms with Crippen molar-refractivity contribution in [1.29, 1.82) is 0 Å². The van der Waals surface area contributed by atoms with E-state index in [0.717, 1.165) is 4.31 Å². The van der Waals surface area contributed by atoms with Gasteiger partial charge in [-0.2, -0.15) is 0 Å². The molecular weight excluding hydrogens is 426 g/mol. The van der Waals surface area contributed by atoms with Gasteiger partial charge in [-0.25, -0.2) is 8.42 Å². The molecule has 0 amide bonds. The number of rotatable bonds is 9. The SMILES string of the molecule is COc1ccccc1N(C[C@@H](O)COc1ccc(Cl)cc1)S(=O)(=O)c1ccccc1. The standard InChI is InChI=1S/C22H22ClNO5S/c1-28-22-10-6-5-9-21(22)24(30(26,27)20-7-3-2-4-8-20)15-18(25)16-29-19-13-11-17(23)12-14-19/h2-14,18,25H,15-16H2,1H3/t18-/m1/s1. The molecule has 0 aliphatic heterocycles. The van der Waals surface area contributed by atoms with Crippen LogP contribution in [0.4, 0.5) is 5.69 Å². The third-order valence-electron chi connectivity index (χ3n) is 4.32. The van der Waals surface area contributed by atoms with Gasteiger partial charge >= 0.3 is 0 Å². The molecule has 0 unspecified atom stereocenters. The summed E-state index contributed by atoms with van der Waals surface area (Å²) in [6.07, 6.45) is -1.09. The number of anilines is 1. The van der Waals surface area contributed by atoms with Crippen LogP contribution in [0.1, 0.15) is 0 Å². The average Bonchev–Trinajstić information content (AvgIpc) is 2.77. The van der Waals surface area contributed by atoms with E-state index in [2.05, 4.69) is 0 Å². The predicted octanol–water partition coefficient (Wildman–Crippen LogP) is 3.98. The van der Waals surface area contributed by atoms with Crippen LogP contribution in [0.25, 0.3) is 0 Å². The van der Waals surface area contributed by atoms with Crippen LogP contribution in [0.3, 0.4) is 0 Å². The minimum Gasteiger partial charge on any atom is -0.495 e. The third-order valence-corrected chi connectivity index (χ3v) is 6.36. The lowest BCUT2D eigenvalue weighted by atomic mass is 10.2. The fourth-order valence-electron chi connectivity index (χ4n) is 2.85. The Kier molecular flexibility index (Phi) is 7.20. The molecule has 0 radical (unpaired) electrons. The molecule has 0 fully saturated rings. The van der Waals surface area contributed by atoms with E-state index >= 15 is 0 Å². The predicted molar refractivity (Wildman–Crippen MR) is 117 cm³/mol. The summed E-state index contributed by atoms with van der Waals surface area (Å²) < 4.78 is 38.8. The molecule has 0 saturated carbocycles. The van der Waals surface area contributed by atoms with Gasteiger partial charge in [-0.3, -0.25) is 4.31 Å². The molecule has 30 heavy (non-hydrogen) atoms. The van der Waals surface area contributed by atoms with Gasteiger partial charge in [0.05, 0.1) is 24.2 Å². The number of methoxy groups -OCH3 is 1. The Balaban J connectivity index is 1.87. The van der Waals surface area contributed by atoms with E-state index in [1.165, 1.54) is 19.2 Å². The first-order valence-corrected chi connectivity index (χ1v) is 11.0. The normalized spacial score (nSPS) is 12.2. The van der Waals surface area contributed by atoms with Crippen molar-refractivity contribution < 1.29 is 23.0 Å². The number of benzene rings is 3. The summed E-state index contributed by atoms with van der Waals surface area (Å²) >= 11 is 5.86. The molecule has 1 atom stereocenters. The van der Waals surface area contributed by atoms with Crippen molar-refractivity contribution in [3.05, 3.63) is 83.9 Å². The number of sulfonamides is 1. The van der Waals surface area contributed by atoms with Crippen molar-refractivity contribution >= 4 is 27.3 Å². The second-order valence-electron chi connectivity index (χ2n) is 6.44. The molecule has 0 aliphatic carbocycles. The van der Waals surface area contributed by atoms with Crippen LogP contribution >= 0.6 is 11.6 Å². The highest BCUT2D eigenvalue weighted by atomic mass is 35.5. The van der Waals surface area contributed by atoms with E-state index in [1.807, 2.05) is 0 Å². The fourth-order valence-corrected chi connectivity index (χ4v) is 4.51. The molecule has 0 aliphatic rings. The van der Waals surface area contributed by atoms with Crippen molar-refractivity contribution in [1.82, 2.24) is 0 Å². The molecule has 0 aromatic heterocycles. The van der Waals surface area contributed by atoms with Crippen LogP contribution in [0.2, 0.25) is 5.02 Å². The van der Waals surface area contributed by atoms with Crippen LogP contribution in [0.15, 0.2) is 83.8 Å². The van der Waals surface area contributed by atoms with Crippen molar-refractivity contribution in [2.75, 3.05) is 24.6 Å². The van der Waals surface area contributed by atoms with Gasteiger partial charge in [-0.1, -0.05) is 41.9 Å². The van der Waals surface area contributed by atoms with E-state index in [9.17, 15) is 13.5 Å². The van der Waals surface area contributed by atoms with Crippen molar-refractivity contribution in [3.8, 4) is 11.5 Å². The first kappa shape index (κ1) is 22.0. The number of aliphatic hydroxyl groups is 1. The van der Waals surface area contributed by atoms with Gasteiger partial charge in [0.15, 0.2) is 0 Å². The van der Waals surface area contributed by atoms with Crippen LogP contribution in [-0.4, -0.2) is 39.9 Å². The summed E-state index contributed by atoms with van der Waals surface area (Å²) in [5.41, 5.74) is 0.328. The first-order chi connectivity index (χ1) is 14.4. The van der Waals surface area contributed by atoms with E-state index < -0.39 is 16.1 Å². The molecule has 8 heteroatoms. The maximum Gasteiger partial charge on any atom is 0.264 e. The molecule has 0 saturated heterocycles. The Morgan fingerprint density at radius 2 is 1.60 bits per heavy atom. The van der Waals surface area contributed by atoms with Gasteiger partial charge in [0.1, 0.15) is 24.2 Å². The summed E-state index contributed by atoms with van der Waals surface area (Å²) in [6, 6.07) is 21.5. The Morgan fingerprint density at radius 3 is 2.27 bits per heavy atom. The highest BCUT2D eigenvalue weighted by Crippen LogP contribution is 2.32. The summed E-state index contributed by atoms with van der Waals surface area (Å²) in [5, 5.41) is 11.1. The van der Waals surface area contributed by atoms with Crippen molar-refractivity contribution in [2.45, 2.75) is 11.0 Å². The minimum absolute atomic E-state index is 0.0996. The Hall–Kier alpha value is -2.74. The number of aliphatic hydroxyl groups excluding tert-OH is 1. The van der Waals surface area contributed by atoms with Crippen LogP contribution < -0.4 is 13.8 Å². The lowest BCUT2D eigenvalue weighted by Gasteiger charge is -2.28. The topological polar surface area (TPSA) is 76.1 Å². The van der Waals surface area contributed by atoms with Crippen LogP contribution in [0.5, 0.6) is 11.5 Å². The number of halogens is 1. The summed E-state index contributed by atoms with van der Waals surface area (Å²) in [4.78, 5) is 0.113. The average molecular weight is 448 g/mol. The summed E-state index contributed by atoms with van der Waals surface area (Å²) in [7, 11) is -2.49. The maximum absolute atomic E-state index is 13.4. The minimum atomic E-state index is -3.95. The van der Waals surface area contributed by atoms with E-state index in [0.29, 0.717) is 22.2 Å². The molecule has 6 nitrogen and oxygen atoms in total. The van der Waals surface area contributed by atoms with E-state index in [1.54, 1.807) is 66.7 Å². The largest absolute Gasteiger partial charge is 0.495 e. The monoisotopic (exact) mass is 447 g/mol. The molecule has 3 rings (SSSR count). The summed E-state index contributed by atoms with van der Waals surface area (Å²) in [5.74, 6) is 0.899. The second kappa shape index (κ2) is 9.84. The Morgan fingerprint density at radius 1 is 0.967 bits per heavy atom. The van der Waals surface area contributed by atoms with Crippen molar-refractivity contribution in [3.63, 3.8) is 0 Å². The third kappa shape index (κ3) is 5.24. The fraction of sp³-hybridized carbons (Fsp3) is 0.182. The van der Waals surface area contributed by atoms with Gasteiger partial charge in [-0.15, -0.1) is 0 Å². The molecule has 3 aromatic carbocycles. The Bertz CT molecular complexity index is 1060. The quantitative estimate of drug-likeness (QED) is 0.537. The number of hydrogen-bond acceptors (Lipinski definition) is 5. The van der Waals surface area contributed by atoms with Crippen LogP contribution in [0, 0.1) is 0 Å². The highest BCUT2D eigenvalue weighted by Gasteiger charge is 2.29. The lowest BCUT2D eigenvalue weighted by molar-refractivity contribution is 0.115. The molecule has 3 aromatic rings. The van der Waals surface area contributed by atoms with Crippen LogP contribution in [-0.2, 0) is 10.0 Å². The molecule has 1 N–H and O–H groups in total. The van der Waals surface area contributed by atoms with E-state index in [-0.39, 0.29) is 18.0 Å². The molecule has 0 heterocycles.